The molecule has 1 aliphatic heterocycles. The highest BCUT2D eigenvalue weighted by Gasteiger charge is 2.53. The summed E-state index contributed by atoms with van der Waals surface area (Å²) in [6, 6.07) is 7.96. The van der Waals surface area contributed by atoms with Gasteiger partial charge in [-0.1, -0.05) is 53.7 Å². The molecule has 0 unspecified atom stereocenters. The summed E-state index contributed by atoms with van der Waals surface area (Å²) >= 11 is 0. The number of nitrogens with one attached hydrogen (secondary N) is 2. The lowest BCUT2D eigenvalue weighted by Gasteiger charge is -2.56. The van der Waals surface area contributed by atoms with Gasteiger partial charge in [0.1, 0.15) is 5.66 Å². The lowest BCUT2D eigenvalue weighted by molar-refractivity contribution is -0.0391. The number of aromatic nitrogens is 4. The number of benzene rings is 1. The van der Waals surface area contributed by atoms with Crippen molar-refractivity contribution in [3.8, 4) is 0 Å². The summed E-state index contributed by atoms with van der Waals surface area (Å²) in [7, 11) is 0. The van der Waals surface area contributed by atoms with E-state index >= 15 is 0 Å². The van der Waals surface area contributed by atoms with E-state index in [-0.39, 0.29) is 22.3 Å². The van der Waals surface area contributed by atoms with Crippen molar-refractivity contribution in [2.24, 2.45) is 22.7 Å². The van der Waals surface area contributed by atoms with E-state index in [0.29, 0.717) is 17.4 Å². The van der Waals surface area contributed by atoms with E-state index in [2.05, 4.69) is 88.6 Å². The molecule has 5 rings (SSSR count). The molecule has 1 aromatic carbocycles. The molecule has 8 nitrogen and oxygen atoms in total. The van der Waals surface area contributed by atoms with Crippen molar-refractivity contribution in [1.29, 1.82) is 0 Å². The molecule has 2 saturated carbocycles. The van der Waals surface area contributed by atoms with Crippen LogP contribution >= 0.6 is 0 Å². The Hall–Kier alpha value is -2.48. The fourth-order valence-corrected chi connectivity index (χ4v) is 7.38. The van der Waals surface area contributed by atoms with Crippen molar-refractivity contribution in [2.45, 2.75) is 130 Å². The molecule has 0 radical (unpaired) electrons. The number of rotatable bonds is 3. The largest absolute Gasteiger partial charge is 0.361 e. The van der Waals surface area contributed by atoms with E-state index in [1.165, 1.54) is 0 Å². The van der Waals surface area contributed by atoms with Crippen molar-refractivity contribution in [3.63, 3.8) is 0 Å². The van der Waals surface area contributed by atoms with Gasteiger partial charge in [-0.2, -0.15) is 0 Å². The summed E-state index contributed by atoms with van der Waals surface area (Å²) in [5.41, 5.74) is 4.72. The zero-order valence-corrected chi connectivity index (χ0v) is 26.3. The number of para-hydroxylation sites is 1. The second-order valence-electron chi connectivity index (χ2n) is 15.9. The average molecular weight is 550 g/mol. The van der Waals surface area contributed by atoms with Crippen molar-refractivity contribution in [3.05, 3.63) is 35.7 Å². The Morgan fingerprint density at radius 2 is 1.40 bits per heavy atom. The predicted octanol–water partition coefficient (Wildman–Crippen LogP) is 6.86. The summed E-state index contributed by atoms with van der Waals surface area (Å²) in [5.74, 6) is 2.10. The number of nitrogens with zero attached hydrogens (tertiary/aromatic N) is 5. The van der Waals surface area contributed by atoms with Crippen molar-refractivity contribution in [2.75, 3.05) is 5.32 Å². The monoisotopic (exact) mass is 549 g/mol. The van der Waals surface area contributed by atoms with Crippen LogP contribution < -0.4 is 10.7 Å². The van der Waals surface area contributed by atoms with E-state index in [9.17, 15) is 4.79 Å². The number of fused-ring (bicyclic) bond motifs is 1. The number of carbonyl (C=O) groups is 1. The van der Waals surface area contributed by atoms with Gasteiger partial charge in [0.05, 0.1) is 16.6 Å². The van der Waals surface area contributed by atoms with E-state index in [1.54, 1.807) is 0 Å². The maximum absolute atomic E-state index is 14.4. The molecular weight excluding hydrogens is 498 g/mol. The second-order valence-corrected chi connectivity index (χ2v) is 15.9. The molecule has 40 heavy (non-hydrogen) atoms. The molecule has 0 atom stereocenters. The summed E-state index contributed by atoms with van der Waals surface area (Å²) in [5, 5.41) is 19.1. The van der Waals surface area contributed by atoms with Gasteiger partial charge in [0.25, 0.3) is 5.91 Å². The molecule has 220 valence electrons. The molecule has 2 fully saturated rings. The van der Waals surface area contributed by atoms with Gasteiger partial charge in [0, 0.05) is 5.69 Å². The van der Waals surface area contributed by atoms with Gasteiger partial charge in [0.2, 0.25) is 0 Å². The number of anilines is 1. The fraction of sp³-hybridized carbons (Fsp3) is 0.750. The SMILES string of the molecule is CC(C)(C)C1CCC(NN2C(=O)c3ccccc3NC23CCC(C(C)(C)C)CC3)(c2nnnn2C(C)(C)C)CC1. The minimum absolute atomic E-state index is 0.0376. The zero-order valence-electron chi connectivity index (χ0n) is 26.3. The first-order chi connectivity index (χ1) is 18.6. The highest BCUT2D eigenvalue weighted by Crippen LogP contribution is 2.49. The number of tetrazole rings is 1. The fourth-order valence-electron chi connectivity index (χ4n) is 7.38. The van der Waals surface area contributed by atoms with Crippen LogP contribution in [-0.4, -0.2) is 36.8 Å². The maximum atomic E-state index is 14.4. The van der Waals surface area contributed by atoms with E-state index in [4.69, 9.17) is 0 Å². The first-order valence-electron chi connectivity index (χ1n) is 15.3. The van der Waals surface area contributed by atoms with Crippen molar-refractivity contribution in [1.82, 2.24) is 30.6 Å². The summed E-state index contributed by atoms with van der Waals surface area (Å²) < 4.78 is 1.97. The third kappa shape index (κ3) is 5.17. The Morgan fingerprint density at radius 1 is 0.850 bits per heavy atom. The highest BCUT2D eigenvalue weighted by molar-refractivity contribution is 6.02. The lowest BCUT2D eigenvalue weighted by atomic mass is 9.67. The molecule has 2 N–H and O–H groups in total. The predicted molar refractivity (Wildman–Crippen MR) is 159 cm³/mol. The van der Waals surface area contributed by atoms with Crippen LogP contribution in [0.1, 0.15) is 130 Å². The van der Waals surface area contributed by atoms with Crippen LogP contribution in [0, 0.1) is 22.7 Å². The number of hydrogen-bond donors (Lipinski definition) is 2. The first kappa shape index (κ1) is 29.0. The molecule has 8 heteroatoms. The van der Waals surface area contributed by atoms with Gasteiger partial charge in [-0.15, -0.1) is 5.10 Å². The van der Waals surface area contributed by atoms with Crippen LogP contribution in [-0.2, 0) is 11.1 Å². The minimum Gasteiger partial charge on any atom is -0.361 e. The molecule has 2 heterocycles. The molecule has 3 aliphatic rings. The van der Waals surface area contributed by atoms with Crippen LogP contribution in [0.25, 0.3) is 0 Å². The van der Waals surface area contributed by atoms with Crippen LogP contribution in [0.5, 0.6) is 0 Å². The van der Waals surface area contributed by atoms with Gasteiger partial charge in [-0.25, -0.2) is 15.1 Å². The summed E-state index contributed by atoms with van der Waals surface area (Å²) in [6.45, 7) is 20.5. The summed E-state index contributed by atoms with van der Waals surface area (Å²) in [6.07, 6.45) is 7.79. The molecule has 1 spiro atoms. The van der Waals surface area contributed by atoms with Gasteiger partial charge >= 0.3 is 0 Å². The van der Waals surface area contributed by atoms with Gasteiger partial charge in [-0.05, 0) is 117 Å². The number of hydrazine groups is 1. The lowest BCUT2D eigenvalue weighted by Crippen LogP contribution is -2.70. The van der Waals surface area contributed by atoms with Crippen LogP contribution in [0.4, 0.5) is 5.69 Å². The molecule has 1 aromatic heterocycles. The van der Waals surface area contributed by atoms with Crippen molar-refractivity contribution < 1.29 is 4.79 Å². The topological polar surface area (TPSA) is 88.0 Å². The Morgan fingerprint density at radius 3 is 1.95 bits per heavy atom. The third-order valence-corrected chi connectivity index (χ3v) is 10.1. The Balaban J connectivity index is 1.57. The minimum atomic E-state index is -0.546. The smallest absolute Gasteiger partial charge is 0.272 e. The molecule has 0 saturated heterocycles. The Bertz CT molecular complexity index is 1210. The molecule has 1 amide bonds. The van der Waals surface area contributed by atoms with E-state index in [1.807, 2.05) is 34.0 Å². The zero-order chi connectivity index (χ0) is 29.1. The standard InChI is InChI=1S/C32H51N7O/c1-28(2,3)22-14-18-31(19-15-22,27-34-36-37-39(27)30(7,8)9)35-38-26(40)24-12-10-11-13-25(24)33-32(38)20-16-23(17-21-32)29(4,5)6/h10-13,22-23,33,35H,14-21H2,1-9H3. The number of hydrogen-bond acceptors (Lipinski definition) is 6. The van der Waals surface area contributed by atoms with Gasteiger partial charge < -0.3 is 5.32 Å². The average Bonchev–Trinajstić information content (AvgIpc) is 3.38. The van der Waals surface area contributed by atoms with Crippen LogP contribution in [0.2, 0.25) is 0 Å². The van der Waals surface area contributed by atoms with Gasteiger partial charge in [0.15, 0.2) is 5.82 Å². The van der Waals surface area contributed by atoms with Crippen molar-refractivity contribution >= 4 is 11.6 Å². The third-order valence-electron chi connectivity index (χ3n) is 10.1. The van der Waals surface area contributed by atoms with E-state index in [0.717, 1.165) is 62.9 Å². The van der Waals surface area contributed by atoms with Crippen LogP contribution in [0.15, 0.2) is 24.3 Å². The normalized spacial score (nSPS) is 29.8. The molecular formula is C32H51N7O. The summed E-state index contributed by atoms with van der Waals surface area (Å²) in [4.78, 5) is 14.4. The van der Waals surface area contributed by atoms with Gasteiger partial charge in [-0.3, -0.25) is 4.79 Å². The molecule has 2 aromatic rings. The maximum Gasteiger partial charge on any atom is 0.272 e. The number of amides is 1. The van der Waals surface area contributed by atoms with Crippen LogP contribution in [0.3, 0.4) is 0 Å². The molecule has 2 aliphatic carbocycles. The van der Waals surface area contributed by atoms with E-state index < -0.39 is 11.2 Å². The highest BCUT2D eigenvalue weighted by atomic mass is 16.2. The quantitative estimate of drug-likeness (QED) is 0.435. The Labute approximate surface area is 241 Å². The second kappa shape index (κ2) is 9.81. The Kier molecular flexibility index (Phi) is 7.12. The molecule has 0 bridgehead atoms. The number of carbonyl (C=O) groups excluding carboxylic acids is 1. The first-order valence-corrected chi connectivity index (χ1v) is 15.3.